The average Bonchev–Trinajstić information content (AvgIpc) is 2.49. The monoisotopic (exact) mass is 298 g/mol. The third kappa shape index (κ3) is 3.51. The third-order valence-electron chi connectivity index (χ3n) is 3.25. The molecule has 1 atom stereocenters. The minimum absolute atomic E-state index is 0.140. The molecule has 2 rings (SSSR count). The summed E-state index contributed by atoms with van der Waals surface area (Å²) in [6.45, 7) is 2.13. The van der Waals surface area contributed by atoms with Crippen molar-refractivity contribution in [3.05, 3.63) is 59.4 Å². The number of rotatable bonds is 5. The van der Waals surface area contributed by atoms with Gasteiger partial charge < -0.3 is 5.32 Å². The fourth-order valence-electron chi connectivity index (χ4n) is 2.00. The lowest BCUT2D eigenvalue weighted by Gasteiger charge is -2.14. The van der Waals surface area contributed by atoms with Gasteiger partial charge in [-0.25, -0.2) is 0 Å². The lowest BCUT2D eigenvalue weighted by atomic mass is 9.98. The van der Waals surface area contributed by atoms with Gasteiger partial charge in [0.15, 0.2) is 0 Å². The van der Waals surface area contributed by atoms with Gasteiger partial charge in [0.25, 0.3) is 11.9 Å². The highest BCUT2D eigenvalue weighted by Gasteiger charge is 2.20. The van der Waals surface area contributed by atoms with Crippen LogP contribution in [-0.4, -0.2) is 11.5 Å². The summed E-state index contributed by atoms with van der Waals surface area (Å²) >= 11 is 0. The first-order chi connectivity index (χ1) is 10.0. The number of benzene rings is 1. The predicted molar refractivity (Wildman–Crippen MR) is 72.0 cm³/mol. The van der Waals surface area contributed by atoms with Crippen molar-refractivity contribution >= 4 is 5.69 Å². The molecule has 112 valence electrons. The summed E-state index contributed by atoms with van der Waals surface area (Å²) in [5.74, 6) is -6.20. The molecule has 0 saturated carbocycles. The average molecular weight is 298 g/mol. The van der Waals surface area contributed by atoms with Crippen LogP contribution in [0.3, 0.4) is 0 Å². The fourth-order valence-corrected chi connectivity index (χ4v) is 2.00. The van der Waals surface area contributed by atoms with E-state index < -0.39 is 29.2 Å². The Labute approximate surface area is 119 Å². The van der Waals surface area contributed by atoms with Crippen LogP contribution in [0.2, 0.25) is 0 Å². The van der Waals surface area contributed by atoms with Gasteiger partial charge in [0.1, 0.15) is 5.69 Å². The zero-order valence-corrected chi connectivity index (χ0v) is 11.3. The zero-order chi connectivity index (χ0) is 15.4. The highest BCUT2D eigenvalue weighted by Crippen LogP contribution is 2.23. The van der Waals surface area contributed by atoms with Gasteiger partial charge in [0.05, 0.1) is 0 Å². The van der Waals surface area contributed by atoms with Crippen molar-refractivity contribution in [2.75, 3.05) is 11.9 Å². The van der Waals surface area contributed by atoms with E-state index in [4.69, 9.17) is 0 Å². The Balaban J connectivity index is 2.01. The van der Waals surface area contributed by atoms with Gasteiger partial charge in [-0.1, -0.05) is 37.3 Å². The van der Waals surface area contributed by atoms with Crippen LogP contribution in [-0.2, 0) is 0 Å². The molecule has 1 N–H and O–H groups in total. The van der Waals surface area contributed by atoms with E-state index in [0.29, 0.717) is 6.42 Å². The number of hydrogen-bond acceptors (Lipinski definition) is 2. The first kappa shape index (κ1) is 15.3. The second-order valence-electron chi connectivity index (χ2n) is 4.72. The van der Waals surface area contributed by atoms with Crippen LogP contribution in [0.4, 0.5) is 23.2 Å². The highest BCUT2D eigenvalue weighted by molar-refractivity contribution is 5.45. The molecule has 0 aliphatic heterocycles. The number of nitrogens with one attached hydrogen (secondary N) is 1. The molecule has 0 aliphatic carbocycles. The second-order valence-corrected chi connectivity index (χ2v) is 4.72. The zero-order valence-electron chi connectivity index (χ0n) is 11.3. The van der Waals surface area contributed by atoms with Crippen molar-refractivity contribution < 1.29 is 17.6 Å². The standard InChI is InChI=1S/C15H14F4N2/c1-9(10-5-3-2-4-6-10)7-8-20-13-11(16)14(18)21-15(19)12(13)17/h2-6,9H,7-8H2,1H3,(H,20,21). The maximum absolute atomic E-state index is 13.4. The fraction of sp³-hybridized carbons (Fsp3) is 0.267. The van der Waals surface area contributed by atoms with Crippen LogP contribution in [0.5, 0.6) is 0 Å². The summed E-state index contributed by atoms with van der Waals surface area (Å²) in [5, 5.41) is 2.39. The van der Waals surface area contributed by atoms with E-state index in [2.05, 4.69) is 10.3 Å². The minimum Gasteiger partial charge on any atom is -0.380 e. The first-order valence-corrected chi connectivity index (χ1v) is 6.49. The van der Waals surface area contributed by atoms with Crippen molar-refractivity contribution in [2.45, 2.75) is 19.3 Å². The highest BCUT2D eigenvalue weighted by atomic mass is 19.2. The molecule has 0 fully saturated rings. The van der Waals surface area contributed by atoms with Crippen molar-refractivity contribution in [1.29, 1.82) is 0 Å². The number of pyridine rings is 1. The Morgan fingerprint density at radius 2 is 1.57 bits per heavy atom. The molecule has 0 amide bonds. The van der Waals surface area contributed by atoms with Crippen molar-refractivity contribution in [3.8, 4) is 0 Å². The molecule has 1 unspecified atom stereocenters. The molecule has 1 aromatic carbocycles. The number of aromatic nitrogens is 1. The molecule has 0 radical (unpaired) electrons. The van der Waals surface area contributed by atoms with Gasteiger partial charge in [0, 0.05) is 6.54 Å². The van der Waals surface area contributed by atoms with Crippen molar-refractivity contribution in [2.24, 2.45) is 0 Å². The Bertz CT molecular complexity index is 591. The summed E-state index contributed by atoms with van der Waals surface area (Å²) in [5.41, 5.74) is 0.257. The molecule has 1 heterocycles. The summed E-state index contributed by atoms with van der Waals surface area (Å²) in [6, 6.07) is 9.56. The van der Waals surface area contributed by atoms with E-state index in [1.165, 1.54) is 0 Å². The molecule has 2 nitrogen and oxygen atoms in total. The molecule has 21 heavy (non-hydrogen) atoms. The second kappa shape index (κ2) is 6.56. The van der Waals surface area contributed by atoms with Crippen LogP contribution >= 0.6 is 0 Å². The number of anilines is 1. The topological polar surface area (TPSA) is 24.9 Å². The van der Waals surface area contributed by atoms with Gasteiger partial charge >= 0.3 is 0 Å². The van der Waals surface area contributed by atoms with Crippen LogP contribution in [0, 0.1) is 23.5 Å². The molecule has 2 aromatic rings. The molecule has 0 saturated heterocycles. The smallest absolute Gasteiger partial charge is 0.253 e. The Kier molecular flexibility index (Phi) is 4.77. The van der Waals surface area contributed by atoms with E-state index in [0.717, 1.165) is 5.56 Å². The number of halogens is 4. The maximum atomic E-state index is 13.4. The summed E-state index contributed by atoms with van der Waals surface area (Å²) < 4.78 is 52.6. The van der Waals surface area contributed by atoms with Crippen LogP contribution in [0.25, 0.3) is 0 Å². The molecule has 0 aliphatic rings. The van der Waals surface area contributed by atoms with Crippen molar-refractivity contribution in [1.82, 2.24) is 4.98 Å². The normalized spacial score (nSPS) is 12.2. The summed E-state index contributed by atoms with van der Waals surface area (Å²) in [7, 11) is 0. The minimum atomic E-state index is -1.66. The number of nitrogens with zero attached hydrogens (tertiary/aromatic N) is 1. The van der Waals surface area contributed by atoms with Crippen LogP contribution in [0.15, 0.2) is 30.3 Å². The molecular weight excluding hydrogens is 284 g/mol. The number of hydrogen-bond donors (Lipinski definition) is 1. The van der Waals surface area contributed by atoms with E-state index in [1.807, 2.05) is 37.3 Å². The van der Waals surface area contributed by atoms with E-state index in [-0.39, 0.29) is 12.5 Å². The van der Waals surface area contributed by atoms with Crippen molar-refractivity contribution in [3.63, 3.8) is 0 Å². The quantitative estimate of drug-likeness (QED) is 0.659. The third-order valence-corrected chi connectivity index (χ3v) is 3.25. The largest absolute Gasteiger partial charge is 0.380 e. The van der Waals surface area contributed by atoms with E-state index in [1.54, 1.807) is 0 Å². The van der Waals surface area contributed by atoms with Gasteiger partial charge in [0.2, 0.25) is 11.6 Å². The van der Waals surface area contributed by atoms with Crippen LogP contribution in [0.1, 0.15) is 24.8 Å². The maximum Gasteiger partial charge on any atom is 0.253 e. The summed E-state index contributed by atoms with van der Waals surface area (Å²) in [6.07, 6.45) is 0.550. The van der Waals surface area contributed by atoms with Gasteiger partial charge in [-0.05, 0) is 17.9 Å². The molecule has 0 spiro atoms. The summed E-state index contributed by atoms with van der Waals surface area (Å²) in [4.78, 5) is 2.50. The predicted octanol–water partition coefficient (Wildman–Crippen LogP) is 4.24. The van der Waals surface area contributed by atoms with Gasteiger partial charge in [-0.3, -0.25) is 0 Å². The SMILES string of the molecule is CC(CCNc1c(F)c(F)nc(F)c1F)c1ccccc1. The molecule has 6 heteroatoms. The first-order valence-electron chi connectivity index (χ1n) is 6.49. The van der Waals surface area contributed by atoms with Crippen LogP contribution < -0.4 is 5.32 Å². The molecular formula is C15H14F4N2. The van der Waals surface area contributed by atoms with Gasteiger partial charge in [-0.2, -0.15) is 22.5 Å². The lowest BCUT2D eigenvalue weighted by molar-refractivity contribution is 0.410. The lowest BCUT2D eigenvalue weighted by Crippen LogP contribution is -2.12. The molecule has 1 aromatic heterocycles. The Hall–Kier alpha value is -2.11. The van der Waals surface area contributed by atoms with E-state index >= 15 is 0 Å². The van der Waals surface area contributed by atoms with E-state index in [9.17, 15) is 17.6 Å². The Morgan fingerprint density at radius 1 is 1.00 bits per heavy atom. The molecule has 0 bridgehead atoms. The van der Waals surface area contributed by atoms with Gasteiger partial charge in [-0.15, -0.1) is 0 Å². The Morgan fingerprint density at radius 3 is 2.14 bits per heavy atom.